The molecule has 2 heterocycles. The van der Waals surface area contributed by atoms with Crippen molar-refractivity contribution in [1.82, 2.24) is 9.88 Å². The van der Waals surface area contributed by atoms with Crippen molar-refractivity contribution in [2.75, 3.05) is 25.0 Å². The van der Waals surface area contributed by atoms with Crippen molar-refractivity contribution in [3.63, 3.8) is 0 Å². The minimum Gasteiger partial charge on any atom is -0.444 e. The third-order valence-corrected chi connectivity index (χ3v) is 3.92. The molecule has 1 saturated heterocycles. The Bertz CT molecular complexity index is 500. The van der Waals surface area contributed by atoms with Crippen LogP contribution < -0.4 is 4.90 Å². The second kappa shape index (κ2) is 6.55. The number of ether oxygens (including phenoxy) is 1. The summed E-state index contributed by atoms with van der Waals surface area (Å²) < 4.78 is 5.43. The zero-order chi connectivity index (χ0) is 16.3. The molecule has 5 heteroatoms. The number of rotatable bonds is 2. The number of pyridine rings is 1. The van der Waals surface area contributed by atoms with E-state index in [1.807, 2.05) is 33.9 Å². The molecule has 0 aliphatic carbocycles. The number of aromatic nitrogens is 1. The molecular weight excluding hydrogens is 278 g/mol. The summed E-state index contributed by atoms with van der Waals surface area (Å²) in [4.78, 5) is 20.6. The van der Waals surface area contributed by atoms with Crippen LogP contribution in [0.4, 0.5) is 10.6 Å². The van der Waals surface area contributed by atoms with Gasteiger partial charge in [-0.3, -0.25) is 0 Å². The number of nitrogens with zero attached hydrogens (tertiary/aromatic N) is 3. The Morgan fingerprint density at radius 2 is 1.95 bits per heavy atom. The van der Waals surface area contributed by atoms with Gasteiger partial charge in [-0.2, -0.15) is 0 Å². The van der Waals surface area contributed by atoms with Crippen LogP contribution >= 0.6 is 0 Å². The van der Waals surface area contributed by atoms with Gasteiger partial charge in [0.15, 0.2) is 0 Å². The van der Waals surface area contributed by atoms with Crippen molar-refractivity contribution in [1.29, 1.82) is 0 Å². The van der Waals surface area contributed by atoms with Crippen LogP contribution in [0.15, 0.2) is 18.3 Å². The van der Waals surface area contributed by atoms with E-state index in [-0.39, 0.29) is 6.09 Å². The van der Waals surface area contributed by atoms with E-state index in [0.717, 1.165) is 37.3 Å². The van der Waals surface area contributed by atoms with Gasteiger partial charge >= 0.3 is 6.09 Å². The number of anilines is 1. The van der Waals surface area contributed by atoms with Crippen LogP contribution in [0, 0.1) is 6.92 Å². The fourth-order valence-electron chi connectivity index (χ4n) is 2.62. The Morgan fingerprint density at radius 1 is 1.32 bits per heavy atom. The molecule has 22 heavy (non-hydrogen) atoms. The van der Waals surface area contributed by atoms with Gasteiger partial charge in [-0.05, 0) is 52.2 Å². The molecule has 122 valence electrons. The third-order valence-electron chi connectivity index (χ3n) is 3.92. The Hall–Kier alpha value is -1.78. The molecule has 0 aromatic carbocycles. The first-order valence-electron chi connectivity index (χ1n) is 7.90. The predicted octanol–water partition coefficient (Wildman–Crippen LogP) is 3.23. The molecule has 0 bridgehead atoms. The molecule has 0 saturated carbocycles. The summed E-state index contributed by atoms with van der Waals surface area (Å²) in [6.07, 6.45) is 3.56. The lowest BCUT2D eigenvalue weighted by molar-refractivity contribution is 0.0205. The maximum atomic E-state index is 12.1. The predicted molar refractivity (Wildman–Crippen MR) is 88.2 cm³/mol. The molecule has 0 unspecified atom stereocenters. The molecule has 5 nitrogen and oxygen atoms in total. The zero-order valence-corrected chi connectivity index (χ0v) is 14.3. The van der Waals surface area contributed by atoms with Crippen LogP contribution in [-0.2, 0) is 4.74 Å². The highest BCUT2D eigenvalue weighted by molar-refractivity contribution is 5.68. The van der Waals surface area contributed by atoms with E-state index in [0.29, 0.717) is 6.04 Å². The van der Waals surface area contributed by atoms with Gasteiger partial charge in [0.05, 0.1) is 0 Å². The van der Waals surface area contributed by atoms with E-state index in [9.17, 15) is 4.79 Å². The van der Waals surface area contributed by atoms with Crippen molar-refractivity contribution in [2.45, 2.75) is 52.2 Å². The standard InChI is InChI=1S/C17H27N3O2/c1-13-6-7-15(18-12-13)19(5)14-8-10-20(11-9-14)16(21)22-17(2,3)4/h6-7,12,14H,8-11H2,1-5H3. The second-order valence-electron chi connectivity index (χ2n) is 7.00. The quantitative estimate of drug-likeness (QED) is 0.841. The van der Waals surface area contributed by atoms with Gasteiger partial charge < -0.3 is 14.5 Å². The number of aryl methyl sites for hydroxylation is 1. The number of likely N-dealkylation sites (tertiary alicyclic amines) is 1. The van der Waals surface area contributed by atoms with E-state index in [1.54, 1.807) is 4.90 Å². The maximum Gasteiger partial charge on any atom is 0.410 e. The van der Waals surface area contributed by atoms with Crippen LogP contribution in [0.2, 0.25) is 0 Å². The molecule has 1 aromatic heterocycles. The monoisotopic (exact) mass is 305 g/mol. The molecule has 0 radical (unpaired) electrons. The van der Waals surface area contributed by atoms with Gasteiger partial charge in [0, 0.05) is 32.4 Å². The first-order valence-corrected chi connectivity index (χ1v) is 7.90. The lowest BCUT2D eigenvalue weighted by Crippen LogP contribution is -2.47. The lowest BCUT2D eigenvalue weighted by atomic mass is 10.0. The normalized spacial score (nSPS) is 16.5. The van der Waals surface area contributed by atoms with Gasteiger partial charge in [0.2, 0.25) is 0 Å². The number of hydrogen-bond donors (Lipinski definition) is 0. The number of amides is 1. The Balaban J connectivity index is 1.89. The van der Waals surface area contributed by atoms with Crippen LogP contribution in [0.5, 0.6) is 0 Å². The van der Waals surface area contributed by atoms with Gasteiger partial charge in [-0.1, -0.05) is 6.07 Å². The first kappa shape index (κ1) is 16.6. The molecule has 0 spiro atoms. The molecule has 0 atom stereocenters. The zero-order valence-electron chi connectivity index (χ0n) is 14.3. The average Bonchev–Trinajstić information content (AvgIpc) is 2.46. The van der Waals surface area contributed by atoms with Gasteiger partial charge in [0.25, 0.3) is 0 Å². The number of hydrogen-bond acceptors (Lipinski definition) is 4. The largest absolute Gasteiger partial charge is 0.444 e. The van der Waals surface area contributed by atoms with Crippen LogP contribution in [-0.4, -0.2) is 47.8 Å². The Kier molecular flexibility index (Phi) is 4.94. The molecule has 1 aliphatic rings. The van der Waals surface area contributed by atoms with Gasteiger partial charge in [-0.25, -0.2) is 9.78 Å². The molecule has 1 fully saturated rings. The molecule has 0 N–H and O–H groups in total. The fraction of sp³-hybridized carbons (Fsp3) is 0.647. The highest BCUT2D eigenvalue weighted by atomic mass is 16.6. The van der Waals surface area contributed by atoms with Crippen molar-refractivity contribution >= 4 is 11.9 Å². The van der Waals surface area contributed by atoms with Crippen molar-refractivity contribution < 1.29 is 9.53 Å². The van der Waals surface area contributed by atoms with Crippen molar-refractivity contribution in [3.05, 3.63) is 23.9 Å². The molecule has 1 aliphatic heterocycles. The molecule has 1 amide bonds. The van der Waals surface area contributed by atoms with Crippen LogP contribution in [0.1, 0.15) is 39.2 Å². The minimum atomic E-state index is -0.434. The topological polar surface area (TPSA) is 45.7 Å². The number of carbonyl (C=O) groups excluding carboxylic acids is 1. The lowest BCUT2D eigenvalue weighted by Gasteiger charge is -2.37. The summed E-state index contributed by atoms with van der Waals surface area (Å²) >= 11 is 0. The van der Waals surface area contributed by atoms with E-state index in [4.69, 9.17) is 4.74 Å². The number of carbonyl (C=O) groups is 1. The number of piperidine rings is 1. The highest BCUT2D eigenvalue weighted by Crippen LogP contribution is 2.22. The fourth-order valence-corrected chi connectivity index (χ4v) is 2.62. The van der Waals surface area contributed by atoms with Gasteiger partial charge in [0.1, 0.15) is 11.4 Å². The molecular formula is C17H27N3O2. The van der Waals surface area contributed by atoms with E-state index in [2.05, 4.69) is 29.1 Å². The van der Waals surface area contributed by atoms with E-state index >= 15 is 0 Å². The second-order valence-corrected chi connectivity index (χ2v) is 7.00. The van der Waals surface area contributed by atoms with Crippen LogP contribution in [0.3, 0.4) is 0 Å². The minimum absolute atomic E-state index is 0.206. The summed E-state index contributed by atoms with van der Waals surface area (Å²) in [5.41, 5.74) is 0.730. The van der Waals surface area contributed by atoms with E-state index < -0.39 is 5.60 Å². The van der Waals surface area contributed by atoms with Crippen molar-refractivity contribution in [3.8, 4) is 0 Å². The Morgan fingerprint density at radius 3 is 2.45 bits per heavy atom. The third kappa shape index (κ3) is 4.36. The molecule has 2 rings (SSSR count). The molecule has 1 aromatic rings. The summed E-state index contributed by atoms with van der Waals surface area (Å²) in [6.45, 7) is 9.19. The summed E-state index contributed by atoms with van der Waals surface area (Å²) in [5, 5.41) is 0. The SMILES string of the molecule is Cc1ccc(N(C)C2CCN(C(=O)OC(C)(C)C)CC2)nc1. The smallest absolute Gasteiger partial charge is 0.410 e. The van der Waals surface area contributed by atoms with Crippen molar-refractivity contribution in [2.24, 2.45) is 0 Å². The highest BCUT2D eigenvalue weighted by Gasteiger charge is 2.28. The summed E-state index contributed by atoms with van der Waals surface area (Å²) in [6, 6.07) is 4.54. The summed E-state index contributed by atoms with van der Waals surface area (Å²) in [7, 11) is 2.07. The summed E-state index contributed by atoms with van der Waals surface area (Å²) in [5.74, 6) is 0.987. The Labute approximate surface area is 133 Å². The van der Waals surface area contributed by atoms with Gasteiger partial charge in [-0.15, -0.1) is 0 Å². The maximum absolute atomic E-state index is 12.1. The first-order chi connectivity index (χ1) is 10.3. The van der Waals surface area contributed by atoms with E-state index in [1.165, 1.54) is 0 Å². The van der Waals surface area contributed by atoms with Crippen LogP contribution in [0.25, 0.3) is 0 Å². The average molecular weight is 305 g/mol.